The average Bonchev–Trinajstić information content (AvgIpc) is 2.60. The number of hydrogen-bond donors (Lipinski definition) is 2. The van der Waals surface area contributed by atoms with E-state index in [9.17, 15) is 4.79 Å². The van der Waals surface area contributed by atoms with Gasteiger partial charge in [-0.1, -0.05) is 18.2 Å². The van der Waals surface area contributed by atoms with Crippen molar-refractivity contribution in [2.75, 3.05) is 25.5 Å². The van der Waals surface area contributed by atoms with Gasteiger partial charge in [0.05, 0.1) is 12.7 Å². The number of benzene rings is 1. The molecule has 0 aliphatic carbocycles. The fraction of sp³-hybridized carbons (Fsp3) is 0.235. The number of carbonyl (C=O) groups excluding carboxylic acids is 1. The molecule has 2 rings (SSSR count). The molecule has 0 saturated carbocycles. The summed E-state index contributed by atoms with van der Waals surface area (Å²) in [6.07, 6.45) is 5.43. The molecule has 6 nitrogen and oxygen atoms in total. The Hall–Kier alpha value is -2.89. The van der Waals surface area contributed by atoms with Crippen LogP contribution in [0.3, 0.4) is 0 Å². The zero-order valence-electron chi connectivity index (χ0n) is 13.1. The lowest BCUT2D eigenvalue weighted by Gasteiger charge is -2.07. The summed E-state index contributed by atoms with van der Waals surface area (Å²) in [6, 6.07) is 7.77. The number of aromatic nitrogens is 2. The van der Waals surface area contributed by atoms with Crippen molar-refractivity contribution < 1.29 is 9.53 Å². The summed E-state index contributed by atoms with van der Waals surface area (Å²) in [5.74, 6) is 1.09. The molecule has 1 aromatic heterocycles. The van der Waals surface area contributed by atoms with E-state index in [0.29, 0.717) is 24.6 Å². The lowest BCUT2D eigenvalue weighted by Crippen LogP contribution is -2.26. The first-order valence-electron chi connectivity index (χ1n) is 7.31. The van der Waals surface area contributed by atoms with Crippen LogP contribution >= 0.6 is 0 Å². The van der Waals surface area contributed by atoms with E-state index in [4.69, 9.17) is 4.74 Å². The molecule has 6 heteroatoms. The molecule has 0 atom stereocenters. The molecule has 0 aliphatic heterocycles. The first-order chi connectivity index (χ1) is 11.2. The molecule has 0 aliphatic rings. The van der Waals surface area contributed by atoms with Crippen LogP contribution in [-0.2, 0) is 6.42 Å². The van der Waals surface area contributed by atoms with Gasteiger partial charge >= 0.3 is 0 Å². The molecule has 120 valence electrons. The number of carbonyl (C=O) groups is 1. The van der Waals surface area contributed by atoms with Crippen molar-refractivity contribution in [3.05, 3.63) is 60.4 Å². The smallest absolute Gasteiger partial charge is 0.254 e. The number of amides is 1. The van der Waals surface area contributed by atoms with Gasteiger partial charge in [0.25, 0.3) is 5.91 Å². The molecule has 1 aromatic carbocycles. The van der Waals surface area contributed by atoms with Crippen molar-refractivity contribution in [2.45, 2.75) is 6.42 Å². The largest absolute Gasteiger partial charge is 0.497 e. The molecule has 0 unspecified atom stereocenters. The second-order valence-electron chi connectivity index (χ2n) is 4.82. The van der Waals surface area contributed by atoms with Crippen molar-refractivity contribution in [2.24, 2.45) is 0 Å². The Morgan fingerprint density at radius 1 is 1.35 bits per heavy atom. The van der Waals surface area contributed by atoms with Gasteiger partial charge in [-0.25, -0.2) is 9.97 Å². The number of rotatable bonds is 8. The lowest BCUT2D eigenvalue weighted by atomic mass is 10.1. The monoisotopic (exact) mass is 312 g/mol. The number of nitrogens with one attached hydrogen (secondary N) is 2. The summed E-state index contributed by atoms with van der Waals surface area (Å²) in [5.41, 5.74) is 1.53. The number of methoxy groups -OCH3 is 1. The van der Waals surface area contributed by atoms with Gasteiger partial charge in [0.15, 0.2) is 0 Å². The Balaban J connectivity index is 1.83. The van der Waals surface area contributed by atoms with Crippen LogP contribution in [0.25, 0.3) is 0 Å². The van der Waals surface area contributed by atoms with E-state index in [0.717, 1.165) is 17.7 Å². The van der Waals surface area contributed by atoms with Crippen LogP contribution in [-0.4, -0.2) is 36.1 Å². The van der Waals surface area contributed by atoms with Gasteiger partial charge in [0, 0.05) is 25.5 Å². The van der Waals surface area contributed by atoms with Crippen LogP contribution in [0.15, 0.2) is 49.3 Å². The molecule has 2 N–H and O–H groups in total. The van der Waals surface area contributed by atoms with Crippen LogP contribution in [0.4, 0.5) is 5.95 Å². The maximum atomic E-state index is 12.0. The average molecular weight is 312 g/mol. The van der Waals surface area contributed by atoms with Gasteiger partial charge in [0.2, 0.25) is 5.95 Å². The van der Waals surface area contributed by atoms with E-state index in [1.165, 1.54) is 12.4 Å². The van der Waals surface area contributed by atoms with E-state index in [1.54, 1.807) is 13.2 Å². The standard InChI is InChI=1S/C17H20N4O2/c1-3-8-19-17-20-11-14(12-21-17)16(22)18-9-7-13-5-4-6-15(10-13)23-2/h3-6,10-12H,1,7-9H2,2H3,(H,18,22)(H,19,20,21). The third kappa shape index (κ3) is 5.10. The highest BCUT2D eigenvalue weighted by molar-refractivity contribution is 5.93. The van der Waals surface area contributed by atoms with Gasteiger partial charge in [-0.2, -0.15) is 0 Å². The van der Waals surface area contributed by atoms with Crippen molar-refractivity contribution in [3.63, 3.8) is 0 Å². The van der Waals surface area contributed by atoms with Gasteiger partial charge < -0.3 is 15.4 Å². The fourth-order valence-electron chi connectivity index (χ4n) is 1.95. The molecule has 0 fully saturated rings. The quantitative estimate of drug-likeness (QED) is 0.730. The molecular weight excluding hydrogens is 292 g/mol. The lowest BCUT2D eigenvalue weighted by molar-refractivity contribution is 0.0953. The Morgan fingerprint density at radius 2 is 2.13 bits per heavy atom. The van der Waals surface area contributed by atoms with E-state index in [2.05, 4.69) is 27.2 Å². The van der Waals surface area contributed by atoms with Crippen LogP contribution in [0.5, 0.6) is 5.75 Å². The van der Waals surface area contributed by atoms with Gasteiger partial charge in [-0.3, -0.25) is 4.79 Å². The molecule has 1 heterocycles. The minimum absolute atomic E-state index is 0.192. The summed E-state index contributed by atoms with van der Waals surface area (Å²) < 4.78 is 5.17. The van der Waals surface area contributed by atoms with Crippen molar-refractivity contribution in [1.82, 2.24) is 15.3 Å². The van der Waals surface area contributed by atoms with E-state index >= 15 is 0 Å². The van der Waals surface area contributed by atoms with Crippen LogP contribution in [0.2, 0.25) is 0 Å². The number of nitrogens with zero attached hydrogens (tertiary/aromatic N) is 2. The Kier molecular flexibility index (Phi) is 6.11. The summed E-state index contributed by atoms with van der Waals surface area (Å²) in [4.78, 5) is 20.2. The summed E-state index contributed by atoms with van der Waals surface area (Å²) in [5, 5.41) is 5.80. The van der Waals surface area contributed by atoms with Crippen LogP contribution < -0.4 is 15.4 Å². The molecular formula is C17H20N4O2. The van der Waals surface area contributed by atoms with E-state index < -0.39 is 0 Å². The SMILES string of the molecule is C=CCNc1ncc(C(=O)NCCc2cccc(OC)c2)cn1. The Morgan fingerprint density at radius 3 is 2.83 bits per heavy atom. The zero-order chi connectivity index (χ0) is 16.5. The van der Waals surface area contributed by atoms with E-state index in [-0.39, 0.29) is 5.91 Å². The highest BCUT2D eigenvalue weighted by atomic mass is 16.5. The molecule has 1 amide bonds. The normalized spacial score (nSPS) is 9.96. The predicted octanol–water partition coefficient (Wildman–Crippen LogP) is 2.06. The van der Waals surface area contributed by atoms with Crippen molar-refractivity contribution in [3.8, 4) is 5.75 Å². The fourth-order valence-corrected chi connectivity index (χ4v) is 1.95. The second kappa shape index (κ2) is 8.53. The Bertz CT molecular complexity index is 656. The third-order valence-corrected chi connectivity index (χ3v) is 3.15. The van der Waals surface area contributed by atoms with Gasteiger partial charge in [-0.15, -0.1) is 6.58 Å². The second-order valence-corrected chi connectivity index (χ2v) is 4.82. The topological polar surface area (TPSA) is 76.1 Å². The number of anilines is 1. The van der Waals surface area contributed by atoms with Gasteiger partial charge in [-0.05, 0) is 24.1 Å². The number of ether oxygens (including phenoxy) is 1. The minimum Gasteiger partial charge on any atom is -0.497 e. The Labute approximate surface area is 135 Å². The molecule has 2 aromatic rings. The van der Waals surface area contributed by atoms with Crippen molar-refractivity contribution in [1.29, 1.82) is 0 Å². The molecule has 0 spiro atoms. The van der Waals surface area contributed by atoms with E-state index in [1.807, 2.05) is 24.3 Å². The predicted molar refractivity (Wildman–Crippen MR) is 89.7 cm³/mol. The highest BCUT2D eigenvalue weighted by Crippen LogP contribution is 2.12. The highest BCUT2D eigenvalue weighted by Gasteiger charge is 2.06. The first kappa shape index (κ1) is 16.5. The summed E-state index contributed by atoms with van der Waals surface area (Å²) >= 11 is 0. The zero-order valence-corrected chi connectivity index (χ0v) is 13.1. The summed E-state index contributed by atoms with van der Waals surface area (Å²) in [6.45, 7) is 4.71. The third-order valence-electron chi connectivity index (χ3n) is 3.15. The molecule has 0 saturated heterocycles. The molecule has 0 radical (unpaired) electrons. The first-order valence-corrected chi connectivity index (χ1v) is 7.31. The number of hydrogen-bond acceptors (Lipinski definition) is 5. The van der Waals surface area contributed by atoms with Crippen molar-refractivity contribution >= 4 is 11.9 Å². The van der Waals surface area contributed by atoms with Crippen LogP contribution in [0, 0.1) is 0 Å². The van der Waals surface area contributed by atoms with Gasteiger partial charge in [0.1, 0.15) is 5.75 Å². The molecule has 0 bridgehead atoms. The molecule has 23 heavy (non-hydrogen) atoms. The summed E-state index contributed by atoms with van der Waals surface area (Å²) in [7, 11) is 1.63. The minimum atomic E-state index is -0.192. The van der Waals surface area contributed by atoms with Crippen LogP contribution in [0.1, 0.15) is 15.9 Å². The maximum Gasteiger partial charge on any atom is 0.254 e. The maximum absolute atomic E-state index is 12.0.